The zero-order chi connectivity index (χ0) is 17.3. The van der Waals surface area contributed by atoms with Gasteiger partial charge in [0, 0.05) is 21.5 Å². The van der Waals surface area contributed by atoms with E-state index in [-0.39, 0.29) is 6.04 Å². The first-order valence-corrected chi connectivity index (χ1v) is 9.55. The fourth-order valence-electron chi connectivity index (χ4n) is 3.37. The normalized spacial score (nSPS) is 19.4. The third-order valence-electron chi connectivity index (χ3n) is 4.42. The van der Waals surface area contributed by atoms with Crippen LogP contribution in [-0.2, 0) is 4.79 Å². The van der Waals surface area contributed by atoms with Crippen LogP contribution in [0.2, 0.25) is 0 Å². The largest absolute Gasteiger partial charge is 0.496 e. The highest BCUT2D eigenvalue weighted by atomic mass is 79.9. The fraction of sp³-hybridized carbons (Fsp3) is 0.389. The first-order valence-electron chi connectivity index (χ1n) is 7.88. The molecule has 1 aromatic heterocycles. The fourth-order valence-corrected chi connectivity index (χ4v) is 4.79. The van der Waals surface area contributed by atoms with E-state index in [0.717, 1.165) is 33.6 Å². The molecule has 1 fully saturated rings. The second kappa shape index (κ2) is 7.25. The Hall–Kier alpha value is -1.37. The van der Waals surface area contributed by atoms with Crippen LogP contribution >= 0.6 is 27.3 Å². The minimum Gasteiger partial charge on any atom is -0.496 e. The van der Waals surface area contributed by atoms with Crippen molar-refractivity contribution in [2.75, 3.05) is 13.7 Å². The number of aryl methyl sites for hydroxylation is 1. The molecule has 128 valence electrons. The van der Waals surface area contributed by atoms with E-state index in [1.54, 1.807) is 18.4 Å². The number of carbonyl (C=O) groups is 1. The highest BCUT2D eigenvalue weighted by Crippen LogP contribution is 2.42. The monoisotopic (exact) mass is 409 g/mol. The summed E-state index contributed by atoms with van der Waals surface area (Å²) in [6.07, 6.45) is 1.58. The van der Waals surface area contributed by atoms with E-state index < -0.39 is 12.0 Å². The highest BCUT2D eigenvalue weighted by Gasteiger charge is 2.38. The number of nitrogens with zero attached hydrogens (tertiary/aromatic N) is 1. The van der Waals surface area contributed by atoms with Gasteiger partial charge in [-0.05, 0) is 55.0 Å². The van der Waals surface area contributed by atoms with Crippen LogP contribution in [0, 0.1) is 6.92 Å². The van der Waals surface area contributed by atoms with Gasteiger partial charge in [0.05, 0.1) is 13.2 Å². The van der Waals surface area contributed by atoms with Crippen LogP contribution in [0.15, 0.2) is 34.1 Å². The van der Waals surface area contributed by atoms with Gasteiger partial charge in [-0.3, -0.25) is 9.69 Å². The third-order valence-corrected chi connectivity index (χ3v) is 6.01. The molecule has 0 aliphatic carbocycles. The van der Waals surface area contributed by atoms with E-state index in [1.807, 2.05) is 18.2 Å². The summed E-state index contributed by atoms with van der Waals surface area (Å²) in [5, 5.41) is 11.7. The van der Waals surface area contributed by atoms with Gasteiger partial charge >= 0.3 is 5.97 Å². The summed E-state index contributed by atoms with van der Waals surface area (Å²) in [5.41, 5.74) is 2.20. The molecular weight excluding hydrogens is 390 g/mol. The second-order valence-corrected chi connectivity index (χ2v) is 7.91. The van der Waals surface area contributed by atoms with E-state index >= 15 is 0 Å². The lowest BCUT2D eigenvalue weighted by Crippen LogP contribution is -2.39. The molecule has 2 atom stereocenters. The molecular formula is C18H20BrNO3S. The van der Waals surface area contributed by atoms with Gasteiger partial charge in [-0.2, -0.15) is 0 Å². The number of hydrogen-bond acceptors (Lipinski definition) is 4. The number of thiophene rings is 1. The van der Waals surface area contributed by atoms with Crippen LogP contribution in [0.3, 0.4) is 0 Å². The number of ether oxygens (including phenoxy) is 1. The van der Waals surface area contributed by atoms with Gasteiger partial charge in [-0.25, -0.2) is 0 Å². The SMILES string of the molecule is COc1ccc(Br)cc1C(c1cc(C)cs1)N1CCCC1C(=O)O. The molecule has 0 saturated carbocycles. The molecule has 0 amide bonds. The smallest absolute Gasteiger partial charge is 0.320 e. The third kappa shape index (κ3) is 3.36. The van der Waals surface area contributed by atoms with Gasteiger partial charge in [0.25, 0.3) is 0 Å². The Morgan fingerprint density at radius 2 is 2.25 bits per heavy atom. The van der Waals surface area contributed by atoms with Crippen LogP contribution in [-0.4, -0.2) is 35.7 Å². The summed E-state index contributed by atoms with van der Waals surface area (Å²) in [6.45, 7) is 2.84. The lowest BCUT2D eigenvalue weighted by Gasteiger charge is -2.32. The van der Waals surface area contributed by atoms with Gasteiger partial charge in [0.2, 0.25) is 0 Å². The van der Waals surface area contributed by atoms with Gasteiger partial charge < -0.3 is 9.84 Å². The second-order valence-electron chi connectivity index (χ2n) is 6.05. The Kier molecular flexibility index (Phi) is 5.27. The molecule has 4 nitrogen and oxygen atoms in total. The first kappa shape index (κ1) is 17.5. The lowest BCUT2D eigenvalue weighted by molar-refractivity contribution is -0.142. The number of carboxylic acid groups (broad SMARTS) is 1. The molecule has 1 aromatic carbocycles. The minimum atomic E-state index is -0.750. The van der Waals surface area contributed by atoms with E-state index in [9.17, 15) is 9.90 Å². The Morgan fingerprint density at radius 1 is 1.46 bits per heavy atom. The number of benzene rings is 1. The topological polar surface area (TPSA) is 49.8 Å². The average Bonchev–Trinajstić information content (AvgIpc) is 3.18. The van der Waals surface area contributed by atoms with Gasteiger partial charge in [-0.1, -0.05) is 15.9 Å². The Balaban J connectivity index is 2.13. The van der Waals surface area contributed by atoms with Crippen molar-refractivity contribution in [1.29, 1.82) is 0 Å². The maximum absolute atomic E-state index is 11.7. The van der Waals surface area contributed by atoms with Gasteiger partial charge in [0.1, 0.15) is 11.8 Å². The molecule has 1 saturated heterocycles. The van der Waals surface area contributed by atoms with E-state index in [0.29, 0.717) is 6.42 Å². The van der Waals surface area contributed by atoms with Crippen LogP contribution in [0.1, 0.15) is 34.9 Å². The van der Waals surface area contributed by atoms with Gasteiger partial charge in [0.15, 0.2) is 0 Å². The zero-order valence-electron chi connectivity index (χ0n) is 13.7. The van der Waals surface area contributed by atoms with Crippen molar-refractivity contribution >= 4 is 33.2 Å². The van der Waals surface area contributed by atoms with Crippen LogP contribution in [0.25, 0.3) is 0 Å². The zero-order valence-corrected chi connectivity index (χ0v) is 16.1. The number of halogens is 1. The number of carboxylic acids is 1. The molecule has 2 unspecified atom stereocenters. The summed E-state index contributed by atoms with van der Waals surface area (Å²) in [5.74, 6) is 0.0324. The number of likely N-dealkylation sites (tertiary alicyclic amines) is 1. The van der Waals surface area contributed by atoms with Crippen LogP contribution in [0.5, 0.6) is 5.75 Å². The maximum Gasteiger partial charge on any atom is 0.320 e. The van der Waals surface area contributed by atoms with Crippen molar-refractivity contribution in [1.82, 2.24) is 4.90 Å². The molecule has 3 rings (SSSR count). The van der Waals surface area contributed by atoms with Crippen molar-refractivity contribution in [3.05, 3.63) is 50.1 Å². The molecule has 1 aliphatic rings. The Morgan fingerprint density at radius 3 is 2.88 bits per heavy atom. The molecule has 24 heavy (non-hydrogen) atoms. The van der Waals surface area contributed by atoms with Crippen LogP contribution in [0.4, 0.5) is 0 Å². The molecule has 1 N–H and O–H groups in total. The Bertz CT molecular complexity index is 746. The average molecular weight is 410 g/mol. The Labute approximate surface area is 154 Å². The minimum absolute atomic E-state index is 0.111. The predicted octanol–water partition coefficient (Wildman–Crippen LogP) is 4.47. The molecule has 0 bridgehead atoms. The van der Waals surface area contributed by atoms with E-state index in [4.69, 9.17) is 4.74 Å². The molecule has 6 heteroatoms. The first-order chi connectivity index (χ1) is 11.5. The van der Waals surface area contributed by atoms with Crippen molar-refractivity contribution in [3.63, 3.8) is 0 Å². The molecule has 2 aromatic rings. The van der Waals surface area contributed by atoms with E-state index in [2.05, 4.69) is 39.2 Å². The quantitative estimate of drug-likeness (QED) is 0.791. The predicted molar refractivity (Wildman–Crippen MR) is 99.0 cm³/mol. The van der Waals surface area contributed by atoms with Crippen molar-refractivity contribution < 1.29 is 14.6 Å². The van der Waals surface area contributed by atoms with Crippen LogP contribution < -0.4 is 4.74 Å². The molecule has 1 aliphatic heterocycles. The lowest BCUT2D eigenvalue weighted by atomic mass is 10.0. The van der Waals surface area contributed by atoms with Gasteiger partial charge in [-0.15, -0.1) is 11.3 Å². The number of aliphatic carboxylic acids is 1. The summed E-state index contributed by atoms with van der Waals surface area (Å²) < 4.78 is 6.54. The maximum atomic E-state index is 11.7. The van der Waals surface area contributed by atoms with Crippen molar-refractivity contribution in [2.45, 2.75) is 31.8 Å². The summed E-state index contributed by atoms with van der Waals surface area (Å²) in [4.78, 5) is 15.0. The highest BCUT2D eigenvalue weighted by molar-refractivity contribution is 9.10. The summed E-state index contributed by atoms with van der Waals surface area (Å²) in [6, 6.07) is 7.49. The van der Waals surface area contributed by atoms with E-state index in [1.165, 1.54) is 5.56 Å². The summed E-state index contributed by atoms with van der Waals surface area (Å²) in [7, 11) is 1.65. The standard InChI is InChI=1S/C18H20BrNO3S/c1-11-8-16(24-10-11)17(20-7-3-4-14(20)18(21)22)13-9-12(19)5-6-15(13)23-2/h5-6,8-10,14,17H,3-4,7H2,1-2H3,(H,21,22). The molecule has 0 radical (unpaired) electrons. The van der Waals surface area contributed by atoms with Crippen molar-refractivity contribution in [3.8, 4) is 5.75 Å². The molecule has 2 heterocycles. The van der Waals surface area contributed by atoms with Crippen molar-refractivity contribution in [2.24, 2.45) is 0 Å². The number of rotatable bonds is 5. The molecule has 0 spiro atoms. The summed E-state index contributed by atoms with van der Waals surface area (Å²) >= 11 is 5.21. The number of methoxy groups -OCH3 is 1. The number of hydrogen-bond donors (Lipinski definition) is 1.